The lowest BCUT2D eigenvalue weighted by Gasteiger charge is -2.12. The van der Waals surface area contributed by atoms with E-state index in [1.165, 1.54) is 23.0 Å². The van der Waals surface area contributed by atoms with Crippen LogP contribution in [0.2, 0.25) is 0 Å². The highest BCUT2D eigenvalue weighted by Crippen LogP contribution is 2.22. The Kier molecular flexibility index (Phi) is 5.98. The van der Waals surface area contributed by atoms with Crippen LogP contribution in [0.1, 0.15) is 24.4 Å². The number of rotatable bonds is 6. The highest BCUT2D eigenvalue weighted by Gasteiger charge is 2.16. The predicted molar refractivity (Wildman–Crippen MR) is 109 cm³/mol. The number of benzene rings is 2. The fourth-order valence-corrected chi connectivity index (χ4v) is 3.31. The number of hydrogen-bond acceptors (Lipinski definition) is 5. The van der Waals surface area contributed by atoms with Gasteiger partial charge in [0.15, 0.2) is 6.10 Å². The molecule has 6 heteroatoms. The van der Waals surface area contributed by atoms with Crippen molar-refractivity contribution in [2.24, 2.45) is 0 Å². The lowest BCUT2D eigenvalue weighted by Crippen LogP contribution is -2.29. The molecule has 0 fully saturated rings. The molecule has 1 aromatic heterocycles. The van der Waals surface area contributed by atoms with Crippen molar-refractivity contribution >= 4 is 45.2 Å². The van der Waals surface area contributed by atoms with Gasteiger partial charge in [-0.1, -0.05) is 31.2 Å². The standard InChI is InChI=1S/C21H20N2O3S/c1-3-15-8-10-16(11-9-15)22-21(25)14(2)26-20(24)13-12-19-23-17-6-4-5-7-18(17)27-19/h4-14H,3H2,1-2H3,(H,22,25)/b13-12+. The maximum absolute atomic E-state index is 12.2. The van der Waals surface area contributed by atoms with Gasteiger partial charge >= 0.3 is 5.97 Å². The van der Waals surface area contributed by atoms with Crippen molar-refractivity contribution < 1.29 is 14.3 Å². The number of aromatic nitrogens is 1. The van der Waals surface area contributed by atoms with E-state index < -0.39 is 12.1 Å². The van der Waals surface area contributed by atoms with E-state index in [-0.39, 0.29) is 5.91 Å². The molecule has 0 bridgehead atoms. The average Bonchev–Trinajstić information content (AvgIpc) is 3.10. The third kappa shape index (κ3) is 5.01. The van der Waals surface area contributed by atoms with E-state index in [0.29, 0.717) is 10.7 Å². The topological polar surface area (TPSA) is 68.3 Å². The number of fused-ring (bicyclic) bond motifs is 1. The highest BCUT2D eigenvalue weighted by atomic mass is 32.1. The van der Waals surface area contributed by atoms with Gasteiger partial charge in [0.2, 0.25) is 0 Å². The predicted octanol–water partition coefficient (Wildman–Crippen LogP) is 4.44. The largest absolute Gasteiger partial charge is 0.449 e. The minimum atomic E-state index is -0.900. The Morgan fingerprint density at radius 2 is 1.93 bits per heavy atom. The number of para-hydroxylation sites is 1. The zero-order valence-electron chi connectivity index (χ0n) is 15.1. The number of amides is 1. The van der Waals surface area contributed by atoms with Gasteiger partial charge in [-0.25, -0.2) is 9.78 Å². The van der Waals surface area contributed by atoms with Crippen molar-refractivity contribution in [2.75, 3.05) is 5.32 Å². The summed E-state index contributed by atoms with van der Waals surface area (Å²) in [5.41, 5.74) is 2.75. The number of hydrogen-bond donors (Lipinski definition) is 1. The summed E-state index contributed by atoms with van der Waals surface area (Å²) in [4.78, 5) is 28.6. The second-order valence-corrected chi connectivity index (χ2v) is 7.03. The fraction of sp³-hybridized carbons (Fsp3) is 0.190. The molecule has 0 aliphatic rings. The van der Waals surface area contributed by atoms with Crippen molar-refractivity contribution in [3.8, 4) is 0 Å². The van der Waals surface area contributed by atoms with Crippen molar-refractivity contribution in [2.45, 2.75) is 26.4 Å². The maximum atomic E-state index is 12.2. The Hall–Kier alpha value is -2.99. The van der Waals surface area contributed by atoms with Crippen LogP contribution in [0.3, 0.4) is 0 Å². The number of carbonyl (C=O) groups excluding carboxylic acids is 2. The summed E-state index contributed by atoms with van der Waals surface area (Å²) in [6, 6.07) is 15.3. The molecule has 0 saturated carbocycles. The lowest BCUT2D eigenvalue weighted by atomic mass is 10.1. The molecule has 138 valence electrons. The number of esters is 1. The van der Waals surface area contributed by atoms with Crippen LogP contribution < -0.4 is 5.32 Å². The molecule has 2 aromatic carbocycles. The minimum Gasteiger partial charge on any atom is -0.449 e. The summed E-state index contributed by atoms with van der Waals surface area (Å²) in [6.45, 7) is 3.61. The van der Waals surface area contributed by atoms with Gasteiger partial charge in [0, 0.05) is 11.8 Å². The summed E-state index contributed by atoms with van der Waals surface area (Å²) in [5, 5.41) is 3.45. The molecule has 1 N–H and O–H groups in total. The maximum Gasteiger partial charge on any atom is 0.331 e. The van der Waals surface area contributed by atoms with Gasteiger partial charge in [0.05, 0.1) is 10.2 Å². The molecule has 0 aliphatic heterocycles. The molecule has 0 aliphatic carbocycles. The normalized spacial score (nSPS) is 12.2. The summed E-state index contributed by atoms with van der Waals surface area (Å²) in [5.74, 6) is -0.959. The zero-order valence-corrected chi connectivity index (χ0v) is 16.0. The third-order valence-electron chi connectivity index (χ3n) is 3.96. The molecule has 0 spiro atoms. The summed E-state index contributed by atoms with van der Waals surface area (Å²) in [6.07, 6.45) is 2.92. The van der Waals surface area contributed by atoms with Crippen LogP contribution in [-0.2, 0) is 20.7 Å². The molecule has 1 unspecified atom stereocenters. The van der Waals surface area contributed by atoms with Crippen LogP contribution in [0.4, 0.5) is 5.69 Å². The second kappa shape index (κ2) is 8.60. The first kappa shape index (κ1) is 18.8. The Labute approximate surface area is 161 Å². The van der Waals surface area contributed by atoms with Gasteiger partial charge in [0.25, 0.3) is 5.91 Å². The monoisotopic (exact) mass is 380 g/mol. The zero-order chi connectivity index (χ0) is 19.2. The van der Waals surface area contributed by atoms with E-state index >= 15 is 0 Å². The van der Waals surface area contributed by atoms with Crippen LogP contribution in [-0.4, -0.2) is 23.0 Å². The number of anilines is 1. The molecular weight excluding hydrogens is 360 g/mol. The molecular formula is C21H20N2O3S. The van der Waals surface area contributed by atoms with Gasteiger partial charge in [-0.15, -0.1) is 11.3 Å². The Morgan fingerprint density at radius 1 is 1.19 bits per heavy atom. The average molecular weight is 380 g/mol. The first-order valence-corrected chi connectivity index (χ1v) is 9.51. The van der Waals surface area contributed by atoms with Crippen LogP contribution in [0.15, 0.2) is 54.6 Å². The highest BCUT2D eigenvalue weighted by molar-refractivity contribution is 7.19. The van der Waals surface area contributed by atoms with E-state index in [4.69, 9.17) is 4.74 Å². The van der Waals surface area contributed by atoms with Crippen molar-refractivity contribution in [3.63, 3.8) is 0 Å². The van der Waals surface area contributed by atoms with Gasteiger partial charge < -0.3 is 10.1 Å². The number of nitrogens with one attached hydrogen (secondary N) is 1. The van der Waals surface area contributed by atoms with E-state index in [0.717, 1.165) is 16.6 Å². The van der Waals surface area contributed by atoms with Gasteiger partial charge in [-0.2, -0.15) is 0 Å². The Morgan fingerprint density at radius 3 is 2.63 bits per heavy atom. The SMILES string of the molecule is CCc1ccc(NC(=O)C(C)OC(=O)/C=C/c2nc3ccccc3s2)cc1. The van der Waals surface area contributed by atoms with Crippen LogP contribution in [0.5, 0.6) is 0 Å². The van der Waals surface area contributed by atoms with Crippen molar-refractivity contribution in [3.05, 3.63) is 65.2 Å². The molecule has 5 nitrogen and oxygen atoms in total. The number of aryl methyl sites for hydroxylation is 1. The molecule has 0 radical (unpaired) electrons. The Balaban J connectivity index is 1.54. The summed E-state index contributed by atoms with van der Waals surface area (Å²) < 4.78 is 6.21. The van der Waals surface area contributed by atoms with Crippen molar-refractivity contribution in [1.82, 2.24) is 4.98 Å². The molecule has 1 atom stereocenters. The Bertz CT molecular complexity index is 944. The third-order valence-corrected chi connectivity index (χ3v) is 4.97. The quantitative estimate of drug-likeness (QED) is 0.507. The molecule has 27 heavy (non-hydrogen) atoms. The summed E-state index contributed by atoms with van der Waals surface area (Å²) >= 11 is 1.48. The van der Waals surface area contributed by atoms with Gasteiger partial charge in [-0.3, -0.25) is 4.79 Å². The minimum absolute atomic E-state index is 0.374. The van der Waals surface area contributed by atoms with E-state index in [9.17, 15) is 9.59 Å². The first-order valence-electron chi connectivity index (χ1n) is 8.69. The van der Waals surface area contributed by atoms with E-state index in [1.54, 1.807) is 13.0 Å². The molecule has 1 amide bonds. The van der Waals surface area contributed by atoms with Crippen LogP contribution >= 0.6 is 11.3 Å². The molecule has 0 saturated heterocycles. The number of carbonyl (C=O) groups is 2. The molecule has 1 heterocycles. The van der Waals surface area contributed by atoms with Crippen LogP contribution in [0.25, 0.3) is 16.3 Å². The number of ether oxygens (including phenoxy) is 1. The smallest absolute Gasteiger partial charge is 0.331 e. The number of thiazole rings is 1. The van der Waals surface area contributed by atoms with Gasteiger partial charge in [-0.05, 0) is 49.2 Å². The first-order chi connectivity index (χ1) is 13.0. The summed E-state index contributed by atoms with van der Waals surface area (Å²) in [7, 11) is 0. The van der Waals surface area contributed by atoms with E-state index in [1.807, 2.05) is 48.5 Å². The van der Waals surface area contributed by atoms with Crippen molar-refractivity contribution in [1.29, 1.82) is 0 Å². The number of nitrogens with zero attached hydrogens (tertiary/aromatic N) is 1. The fourth-order valence-electron chi connectivity index (χ4n) is 2.44. The van der Waals surface area contributed by atoms with E-state index in [2.05, 4.69) is 17.2 Å². The van der Waals surface area contributed by atoms with Gasteiger partial charge in [0.1, 0.15) is 5.01 Å². The lowest BCUT2D eigenvalue weighted by molar-refractivity contribution is -0.148. The molecule has 3 aromatic rings. The molecule has 3 rings (SSSR count). The second-order valence-electron chi connectivity index (χ2n) is 5.97. The van der Waals surface area contributed by atoms with Crippen LogP contribution in [0, 0.1) is 0 Å².